The average molecular weight is 226 g/mol. The maximum absolute atomic E-state index is 10.8. The van der Waals surface area contributed by atoms with Gasteiger partial charge in [-0.25, -0.2) is 4.79 Å². The standard InChI is InChI=1S/C11H14O5/c1-7-10(11(12)13)4-9(16-7)6-15-8-2-3-14-5-8/h4,8H,2-3,5-6H2,1H3,(H,12,13). The predicted molar refractivity (Wildman–Crippen MR) is 54.4 cm³/mol. The Balaban J connectivity index is 1.94. The number of rotatable bonds is 4. The van der Waals surface area contributed by atoms with Crippen molar-refractivity contribution in [3.8, 4) is 0 Å². The van der Waals surface area contributed by atoms with E-state index in [0.29, 0.717) is 24.7 Å². The Kier molecular flexibility index (Phi) is 3.26. The zero-order valence-corrected chi connectivity index (χ0v) is 9.06. The maximum Gasteiger partial charge on any atom is 0.339 e. The van der Waals surface area contributed by atoms with Gasteiger partial charge >= 0.3 is 5.97 Å². The number of aryl methyl sites for hydroxylation is 1. The fourth-order valence-corrected chi connectivity index (χ4v) is 1.67. The van der Waals surface area contributed by atoms with E-state index in [1.165, 1.54) is 6.07 Å². The van der Waals surface area contributed by atoms with Gasteiger partial charge in [0.25, 0.3) is 0 Å². The van der Waals surface area contributed by atoms with E-state index >= 15 is 0 Å². The molecule has 0 amide bonds. The SMILES string of the molecule is Cc1oc(COC2CCOC2)cc1C(=O)O. The number of carbonyl (C=O) groups is 1. The molecule has 0 bridgehead atoms. The lowest BCUT2D eigenvalue weighted by Gasteiger charge is -2.07. The summed E-state index contributed by atoms with van der Waals surface area (Å²) in [5, 5.41) is 8.84. The van der Waals surface area contributed by atoms with Crippen LogP contribution < -0.4 is 0 Å². The highest BCUT2D eigenvalue weighted by Crippen LogP contribution is 2.17. The molecule has 5 heteroatoms. The van der Waals surface area contributed by atoms with Crippen molar-refractivity contribution in [3.63, 3.8) is 0 Å². The first-order chi connectivity index (χ1) is 7.66. The fraction of sp³-hybridized carbons (Fsp3) is 0.545. The molecule has 0 radical (unpaired) electrons. The number of furan rings is 1. The molecule has 1 atom stereocenters. The van der Waals surface area contributed by atoms with Crippen molar-refractivity contribution in [2.75, 3.05) is 13.2 Å². The van der Waals surface area contributed by atoms with Gasteiger partial charge in [-0.05, 0) is 19.4 Å². The number of aromatic carboxylic acids is 1. The van der Waals surface area contributed by atoms with Crippen LogP contribution in [0.3, 0.4) is 0 Å². The highest BCUT2D eigenvalue weighted by molar-refractivity contribution is 5.88. The first-order valence-corrected chi connectivity index (χ1v) is 5.19. The minimum atomic E-state index is -0.975. The molecule has 0 aliphatic carbocycles. The van der Waals surface area contributed by atoms with Crippen LogP contribution in [0, 0.1) is 6.92 Å². The summed E-state index contributed by atoms with van der Waals surface area (Å²) < 4.78 is 16.0. The lowest BCUT2D eigenvalue weighted by Crippen LogP contribution is -2.11. The van der Waals surface area contributed by atoms with Crippen molar-refractivity contribution in [2.24, 2.45) is 0 Å². The monoisotopic (exact) mass is 226 g/mol. The topological polar surface area (TPSA) is 68.9 Å². The molecule has 88 valence electrons. The van der Waals surface area contributed by atoms with Crippen LogP contribution in [-0.2, 0) is 16.1 Å². The van der Waals surface area contributed by atoms with Crippen molar-refractivity contribution >= 4 is 5.97 Å². The second-order valence-corrected chi connectivity index (χ2v) is 3.78. The Hall–Kier alpha value is -1.33. The highest BCUT2D eigenvalue weighted by atomic mass is 16.5. The largest absolute Gasteiger partial charge is 0.478 e. The molecule has 1 fully saturated rings. The van der Waals surface area contributed by atoms with Crippen LogP contribution in [0.1, 0.15) is 28.3 Å². The van der Waals surface area contributed by atoms with Crippen LogP contribution in [0.2, 0.25) is 0 Å². The molecule has 1 aromatic heterocycles. The minimum absolute atomic E-state index is 0.0960. The third-order valence-corrected chi connectivity index (χ3v) is 2.55. The quantitative estimate of drug-likeness (QED) is 0.844. The molecule has 1 aliphatic heterocycles. The molecule has 0 saturated carbocycles. The van der Waals surface area contributed by atoms with Crippen LogP contribution in [-0.4, -0.2) is 30.4 Å². The van der Waals surface area contributed by atoms with Crippen LogP contribution in [0.5, 0.6) is 0 Å². The second-order valence-electron chi connectivity index (χ2n) is 3.78. The van der Waals surface area contributed by atoms with Crippen LogP contribution >= 0.6 is 0 Å². The lowest BCUT2D eigenvalue weighted by atomic mass is 10.2. The molecule has 1 N–H and O–H groups in total. The Morgan fingerprint density at radius 3 is 3.06 bits per heavy atom. The molecule has 1 aromatic rings. The van der Waals surface area contributed by atoms with E-state index in [1.807, 2.05) is 0 Å². The predicted octanol–water partition coefficient (Wildman–Crippen LogP) is 1.59. The summed E-state index contributed by atoms with van der Waals surface area (Å²) in [5.74, 6) is -0.0210. The molecule has 0 spiro atoms. The Morgan fingerprint density at radius 2 is 2.50 bits per heavy atom. The van der Waals surface area contributed by atoms with Crippen molar-refractivity contribution in [2.45, 2.75) is 26.1 Å². The van der Waals surface area contributed by atoms with Crippen molar-refractivity contribution in [3.05, 3.63) is 23.2 Å². The van der Waals surface area contributed by atoms with Crippen molar-refractivity contribution in [1.29, 1.82) is 0 Å². The number of ether oxygens (including phenoxy) is 2. The van der Waals surface area contributed by atoms with Gasteiger partial charge in [-0.3, -0.25) is 0 Å². The third kappa shape index (κ3) is 2.43. The van der Waals surface area contributed by atoms with E-state index in [2.05, 4.69) is 0 Å². The number of carboxylic acid groups (broad SMARTS) is 1. The van der Waals surface area contributed by atoms with Gasteiger partial charge in [0.15, 0.2) is 0 Å². The normalized spacial score (nSPS) is 20.2. The van der Waals surface area contributed by atoms with Crippen LogP contribution in [0.25, 0.3) is 0 Å². The van der Waals surface area contributed by atoms with E-state index < -0.39 is 5.97 Å². The molecule has 2 heterocycles. The van der Waals surface area contributed by atoms with Gasteiger partial charge < -0.3 is 19.0 Å². The van der Waals surface area contributed by atoms with E-state index in [4.69, 9.17) is 19.0 Å². The van der Waals surface area contributed by atoms with Crippen molar-refractivity contribution in [1.82, 2.24) is 0 Å². The summed E-state index contributed by atoms with van der Waals surface area (Å²) in [6.45, 7) is 3.25. The fourth-order valence-electron chi connectivity index (χ4n) is 1.67. The zero-order valence-electron chi connectivity index (χ0n) is 9.06. The summed E-state index contributed by atoms with van der Waals surface area (Å²) >= 11 is 0. The van der Waals surface area contributed by atoms with Gasteiger partial charge in [0, 0.05) is 6.61 Å². The Morgan fingerprint density at radius 1 is 1.69 bits per heavy atom. The summed E-state index contributed by atoms with van der Waals surface area (Å²) in [6.07, 6.45) is 0.976. The maximum atomic E-state index is 10.8. The molecule has 1 unspecified atom stereocenters. The van der Waals surface area contributed by atoms with E-state index in [0.717, 1.165) is 13.0 Å². The third-order valence-electron chi connectivity index (χ3n) is 2.55. The first kappa shape index (κ1) is 11.2. The van der Waals surface area contributed by atoms with Gasteiger partial charge in [-0.15, -0.1) is 0 Å². The number of hydrogen-bond donors (Lipinski definition) is 1. The number of hydrogen-bond acceptors (Lipinski definition) is 4. The zero-order chi connectivity index (χ0) is 11.5. The molecule has 16 heavy (non-hydrogen) atoms. The summed E-state index contributed by atoms with van der Waals surface area (Å²) in [4.78, 5) is 10.8. The van der Waals surface area contributed by atoms with Gasteiger partial charge in [0.05, 0.1) is 12.7 Å². The molecular formula is C11H14O5. The summed E-state index contributed by atoms with van der Waals surface area (Å²) in [7, 11) is 0. The molecule has 1 aliphatic rings. The van der Waals surface area contributed by atoms with Crippen molar-refractivity contribution < 1.29 is 23.8 Å². The lowest BCUT2D eigenvalue weighted by molar-refractivity contribution is 0.0232. The van der Waals surface area contributed by atoms with Gasteiger partial charge in [-0.1, -0.05) is 0 Å². The number of carboxylic acids is 1. The van der Waals surface area contributed by atoms with Gasteiger partial charge in [0.2, 0.25) is 0 Å². The van der Waals surface area contributed by atoms with E-state index in [-0.39, 0.29) is 11.7 Å². The second kappa shape index (κ2) is 4.67. The Bertz CT molecular complexity index is 376. The van der Waals surface area contributed by atoms with Crippen LogP contribution in [0.4, 0.5) is 0 Å². The molecule has 2 rings (SSSR count). The average Bonchev–Trinajstić information content (AvgIpc) is 2.83. The first-order valence-electron chi connectivity index (χ1n) is 5.19. The van der Waals surface area contributed by atoms with E-state index in [1.54, 1.807) is 6.92 Å². The molecule has 0 aromatic carbocycles. The summed E-state index contributed by atoms with van der Waals surface area (Å²) in [6, 6.07) is 1.51. The van der Waals surface area contributed by atoms with E-state index in [9.17, 15) is 4.79 Å². The Labute approximate surface area is 93.0 Å². The minimum Gasteiger partial charge on any atom is -0.478 e. The van der Waals surface area contributed by atoms with Gasteiger partial charge in [-0.2, -0.15) is 0 Å². The van der Waals surface area contributed by atoms with Gasteiger partial charge in [0.1, 0.15) is 23.7 Å². The molecule has 1 saturated heterocycles. The van der Waals surface area contributed by atoms with Crippen LogP contribution in [0.15, 0.2) is 10.5 Å². The highest BCUT2D eigenvalue weighted by Gasteiger charge is 2.18. The molecule has 5 nitrogen and oxygen atoms in total. The molecular weight excluding hydrogens is 212 g/mol. The smallest absolute Gasteiger partial charge is 0.339 e. The summed E-state index contributed by atoms with van der Waals surface area (Å²) in [5.41, 5.74) is 0.196.